The maximum Gasteiger partial charge on any atom is 0.261 e. The van der Waals surface area contributed by atoms with Gasteiger partial charge in [0.05, 0.1) is 56.0 Å². The van der Waals surface area contributed by atoms with E-state index in [0.29, 0.717) is 88.7 Å². The largest absolute Gasteiger partial charge is 0.463 e. The molecule has 0 aromatic carbocycles. The summed E-state index contributed by atoms with van der Waals surface area (Å²) in [5, 5.41) is 0. The SMILES string of the molecule is CCCCC(CC)CN1C(=O)C2=C(c3ccc(-c4ccc(C5=C6C(=O)N(CC(CCC)CCCC)C(c7ccco7)=C6C(=O)N5CC(CC)CCCC)s4)s3)N(CC(CC)CCCC)C(=O)C2=C1c1ccco1. The molecule has 0 radical (unpaired) electrons. The summed E-state index contributed by atoms with van der Waals surface area (Å²) in [7, 11) is 0. The third-order valence-corrected chi connectivity index (χ3v) is 18.2. The van der Waals surface area contributed by atoms with E-state index in [2.05, 4.69) is 79.7 Å². The van der Waals surface area contributed by atoms with Crippen molar-refractivity contribution < 1.29 is 28.0 Å². The Hall–Kier alpha value is -5.20. The van der Waals surface area contributed by atoms with E-state index in [4.69, 9.17) is 8.83 Å². The van der Waals surface area contributed by atoms with Crippen LogP contribution in [0.2, 0.25) is 0 Å². The summed E-state index contributed by atoms with van der Waals surface area (Å²) in [6.45, 7) is 19.7. The second kappa shape index (κ2) is 24.9. The van der Waals surface area contributed by atoms with Gasteiger partial charge in [-0.05, 0) is 104 Å². The van der Waals surface area contributed by atoms with Crippen LogP contribution in [0.25, 0.3) is 32.5 Å². The number of carbonyl (C=O) groups is 4. The third kappa shape index (κ3) is 11.0. The minimum Gasteiger partial charge on any atom is -0.463 e. The lowest BCUT2D eigenvalue weighted by molar-refractivity contribution is -0.124. The molecule has 12 heteroatoms. The maximum absolute atomic E-state index is 15.2. The van der Waals surface area contributed by atoms with E-state index in [0.717, 1.165) is 129 Å². The molecule has 0 saturated carbocycles. The topological polar surface area (TPSA) is 108 Å². The highest BCUT2D eigenvalue weighted by molar-refractivity contribution is 7.23. The molecule has 0 N–H and O–H groups in total. The Labute approximate surface area is 443 Å². The normalized spacial score (nSPS) is 17.8. The number of fused-ring (bicyclic) bond motifs is 2. The molecule has 4 unspecified atom stereocenters. The Balaban J connectivity index is 1.23. The van der Waals surface area contributed by atoms with Crippen molar-refractivity contribution in [1.29, 1.82) is 0 Å². The van der Waals surface area contributed by atoms with Crippen LogP contribution in [-0.2, 0) is 19.2 Å². The molecule has 0 bridgehead atoms. The van der Waals surface area contributed by atoms with Gasteiger partial charge in [-0.25, -0.2) is 0 Å². The van der Waals surface area contributed by atoms with Crippen LogP contribution in [0, 0.1) is 23.7 Å². The van der Waals surface area contributed by atoms with E-state index in [1.807, 2.05) is 43.9 Å². The Bertz CT molecular complexity index is 2700. The first-order valence-electron chi connectivity index (χ1n) is 28.1. The zero-order valence-corrected chi connectivity index (χ0v) is 46.6. The molecule has 4 amide bonds. The van der Waals surface area contributed by atoms with Gasteiger partial charge >= 0.3 is 0 Å². The van der Waals surface area contributed by atoms with E-state index >= 15 is 19.2 Å². The lowest BCUT2D eigenvalue weighted by Gasteiger charge is -2.29. The molecule has 4 atom stereocenters. The van der Waals surface area contributed by atoms with Crippen LogP contribution in [-0.4, -0.2) is 69.4 Å². The highest BCUT2D eigenvalue weighted by Crippen LogP contribution is 2.52. The lowest BCUT2D eigenvalue weighted by atomic mass is 9.96. The molecule has 0 saturated heterocycles. The van der Waals surface area contributed by atoms with Crippen LogP contribution < -0.4 is 0 Å². The van der Waals surface area contributed by atoms with E-state index in [1.54, 1.807) is 35.2 Å². The predicted molar refractivity (Wildman–Crippen MR) is 297 cm³/mol. The fourth-order valence-corrected chi connectivity index (χ4v) is 13.8. The molecule has 4 aromatic heterocycles. The van der Waals surface area contributed by atoms with Gasteiger partial charge in [-0.3, -0.25) is 19.2 Å². The molecule has 4 aliphatic heterocycles. The summed E-state index contributed by atoms with van der Waals surface area (Å²) in [4.78, 5) is 72.0. The van der Waals surface area contributed by atoms with E-state index in [-0.39, 0.29) is 41.4 Å². The molecule has 4 aliphatic rings. The predicted octanol–water partition coefficient (Wildman–Crippen LogP) is 15.5. The van der Waals surface area contributed by atoms with E-state index in [1.165, 1.54) is 0 Å². The fraction of sp³-hybridized carbons (Fsp3) is 0.541. The Kier molecular flexibility index (Phi) is 18.4. The summed E-state index contributed by atoms with van der Waals surface area (Å²) in [6, 6.07) is 15.8. The zero-order valence-electron chi connectivity index (χ0n) is 45.0. The summed E-state index contributed by atoms with van der Waals surface area (Å²) < 4.78 is 12.1. The van der Waals surface area contributed by atoms with Crippen molar-refractivity contribution in [2.45, 2.75) is 165 Å². The first kappa shape index (κ1) is 54.1. The zero-order chi connectivity index (χ0) is 51.8. The molecule has 8 rings (SSSR count). The van der Waals surface area contributed by atoms with Crippen molar-refractivity contribution in [2.75, 3.05) is 26.2 Å². The van der Waals surface area contributed by atoms with Crippen molar-refractivity contribution in [1.82, 2.24) is 19.6 Å². The van der Waals surface area contributed by atoms with Gasteiger partial charge in [0.1, 0.15) is 11.4 Å². The molecule has 392 valence electrons. The van der Waals surface area contributed by atoms with Gasteiger partial charge < -0.3 is 28.4 Å². The number of furan rings is 2. The Morgan fingerprint density at radius 1 is 0.384 bits per heavy atom. The number of thiophene rings is 2. The van der Waals surface area contributed by atoms with Crippen LogP contribution in [0.4, 0.5) is 0 Å². The monoisotopic (exact) mass is 1030 g/mol. The molecule has 0 aliphatic carbocycles. The maximum atomic E-state index is 15.2. The van der Waals surface area contributed by atoms with E-state index < -0.39 is 0 Å². The number of amides is 4. The van der Waals surface area contributed by atoms with Crippen LogP contribution in [0.5, 0.6) is 0 Å². The van der Waals surface area contributed by atoms with Gasteiger partial charge in [0.15, 0.2) is 11.5 Å². The Morgan fingerprint density at radius 2 is 0.699 bits per heavy atom. The van der Waals surface area contributed by atoms with Crippen LogP contribution >= 0.6 is 22.7 Å². The number of hydrogen-bond donors (Lipinski definition) is 0. The van der Waals surface area contributed by atoms with Crippen molar-refractivity contribution in [2.24, 2.45) is 23.7 Å². The molecular weight excluding hydrogens is 949 g/mol. The smallest absolute Gasteiger partial charge is 0.261 e. The summed E-state index contributed by atoms with van der Waals surface area (Å²) >= 11 is 3.18. The average molecular weight is 1030 g/mol. The second-order valence-corrected chi connectivity index (χ2v) is 23.1. The van der Waals surface area contributed by atoms with Gasteiger partial charge in [-0.15, -0.1) is 22.7 Å². The number of unbranched alkanes of at least 4 members (excludes halogenated alkanes) is 4. The standard InChI is InChI=1S/C61H80N4O6S2/c1-9-17-24-40(14-6)36-62-54(44-28-21-34-70-44)50-52(60(62)68)56(64(58(50)66)37-41(15-7)25-18-10-2)48-32-30-46(72-48)47-31-33-49(73-47)57-53-51(59(67)65(57)38-42(16-8)26-19-11-3)55(45-29-22-35-71-45)63(61(53)69)39-43(23-13-5)27-20-12-4/h21-22,28-35,40-43H,9-20,23-27,36-39H2,1-8H3. The molecule has 4 aromatic rings. The van der Waals surface area contributed by atoms with Gasteiger partial charge in [0.25, 0.3) is 23.6 Å². The minimum atomic E-state index is -0.139. The lowest BCUT2D eigenvalue weighted by Crippen LogP contribution is -2.34. The quantitative estimate of drug-likeness (QED) is 0.0515. The number of nitrogens with zero attached hydrogens (tertiary/aromatic N) is 4. The molecule has 8 heterocycles. The summed E-state index contributed by atoms with van der Waals surface area (Å²) in [5.41, 5.74) is 4.40. The molecular formula is C61H80N4O6S2. The highest BCUT2D eigenvalue weighted by atomic mass is 32.1. The van der Waals surface area contributed by atoms with Crippen molar-refractivity contribution in [3.63, 3.8) is 0 Å². The number of carbonyl (C=O) groups excluding carboxylic acids is 4. The summed E-state index contributed by atoms with van der Waals surface area (Å²) in [6.07, 6.45) is 20.7. The molecule has 73 heavy (non-hydrogen) atoms. The molecule has 0 fully saturated rings. The van der Waals surface area contributed by atoms with Gasteiger partial charge in [0, 0.05) is 35.9 Å². The second-order valence-electron chi connectivity index (χ2n) is 20.9. The number of hydrogen-bond acceptors (Lipinski definition) is 8. The number of rotatable bonds is 30. The minimum absolute atomic E-state index is 0.132. The van der Waals surface area contributed by atoms with Gasteiger partial charge in [-0.1, -0.05) is 132 Å². The van der Waals surface area contributed by atoms with Crippen molar-refractivity contribution >= 4 is 69.1 Å². The molecule has 10 nitrogen and oxygen atoms in total. The third-order valence-electron chi connectivity index (χ3n) is 15.8. The van der Waals surface area contributed by atoms with Crippen LogP contribution in [0.3, 0.4) is 0 Å². The van der Waals surface area contributed by atoms with Crippen LogP contribution in [0.15, 0.2) is 92.2 Å². The van der Waals surface area contributed by atoms with Crippen molar-refractivity contribution in [3.8, 4) is 9.75 Å². The average Bonchev–Trinajstić information content (AvgIpc) is 4.28. The fourth-order valence-electron chi connectivity index (χ4n) is 11.5. The van der Waals surface area contributed by atoms with Gasteiger partial charge in [-0.2, -0.15) is 0 Å². The molecule has 0 spiro atoms. The Morgan fingerprint density at radius 3 is 1.01 bits per heavy atom. The van der Waals surface area contributed by atoms with Crippen LogP contribution in [0.1, 0.15) is 186 Å². The summed E-state index contributed by atoms with van der Waals surface area (Å²) in [5.74, 6) is 1.65. The van der Waals surface area contributed by atoms with E-state index in [9.17, 15) is 0 Å². The first-order valence-corrected chi connectivity index (χ1v) is 29.7. The van der Waals surface area contributed by atoms with Crippen molar-refractivity contribution in [3.05, 3.63) is 105 Å². The highest BCUT2D eigenvalue weighted by Gasteiger charge is 2.52. The van der Waals surface area contributed by atoms with Gasteiger partial charge in [0.2, 0.25) is 0 Å². The first-order chi connectivity index (χ1) is 35.6.